The van der Waals surface area contributed by atoms with Gasteiger partial charge in [0.15, 0.2) is 5.96 Å². The fraction of sp³-hybridized carbons (Fsp3) is 0.278. The van der Waals surface area contributed by atoms with Crippen molar-refractivity contribution in [1.82, 2.24) is 0 Å². The zero-order valence-corrected chi connectivity index (χ0v) is 17.1. The third-order valence-corrected chi connectivity index (χ3v) is 3.57. The monoisotopic (exact) mass is 495 g/mol. The lowest BCUT2D eigenvalue weighted by molar-refractivity contribution is -0.274. The number of anilines is 1. The van der Waals surface area contributed by atoms with Crippen LogP contribution < -0.4 is 20.5 Å². The first-order chi connectivity index (χ1) is 12.3. The Kier molecular flexibility index (Phi) is 8.67. The molecule has 1 unspecified atom stereocenters. The lowest BCUT2D eigenvalue weighted by atomic mass is 10.0. The number of alkyl halides is 3. The van der Waals surface area contributed by atoms with Gasteiger partial charge in [-0.25, -0.2) is 0 Å². The minimum absolute atomic E-state index is 0. The lowest BCUT2D eigenvalue weighted by Gasteiger charge is -2.14. The van der Waals surface area contributed by atoms with E-state index < -0.39 is 6.36 Å². The Hall–Kier alpha value is -2.17. The van der Waals surface area contributed by atoms with E-state index in [1.165, 1.54) is 24.3 Å². The predicted molar refractivity (Wildman–Crippen MR) is 110 cm³/mol. The normalized spacial score (nSPS) is 12.7. The lowest BCUT2D eigenvalue weighted by Crippen LogP contribution is -2.23. The highest BCUT2D eigenvalue weighted by Crippen LogP contribution is 2.26. The summed E-state index contributed by atoms with van der Waals surface area (Å²) in [6.45, 7) is 2.42. The molecule has 0 bridgehead atoms. The molecule has 0 saturated carbocycles. The standard InChI is InChI=1S/C18H20F3N3O2.HI/c1-12(15-5-3-4-6-16(15)25-2)11-23-17(22)24-13-7-9-14(10-8-13)26-18(19,20)21;/h3-10,12H,11H2,1-2H3,(H3,22,23,24);1H. The zero-order chi connectivity index (χ0) is 19.2. The summed E-state index contributed by atoms with van der Waals surface area (Å²) in [5, 5.41) is 2.83. The number of benzene rings is 2. The Morgan fingerprint density at radius 2 is 1.78 bits per heavy atom. The Morgan fingerprint density at radius 3 is 2.37 bits per heavy atom. The van der Waals surface area contributed by atoms with Gasteiger partial charge in [0.2, 0.25) is 0 Å². The fourth-order valence-corrected chi connectivity index (χ4v) is 2.33. The number of guanidine groups is 1. The molecule has 0 aliphatic rings. The molecule has 0 radical (unpaired) electrons. The van der Waals surface area contributed by atoms with Gasteiger partial charge in [-0.3, -0.25) is 4.99 Å². The van der Waals surface area contributed by atoms with Crippen molar-refractivity contribution in [3.8, 4) is 11.5 Å². The van der Waals surface area contributed by atoms with Gasteiger partial charge in [0.25, 0.3) is 0 Å². The molecule has 1 atom stereocenters. The maximum atomic E-state index is 12.1. The van der Waals surface area contributed by atoms with Crippen LogP contribution in [0.2, 0.25) is 0 Å². The van der Waals surface area contributed by atoms with E-state index in [0.29, 0.717) is 12.2 Å². The Morgan fingerprint density at radius 1 is 1.15 bits per heavy atom. The van der Waals surface area contributed by atoms with Crippen molar-refractivity contribution in [2.75, 3.05) is 19.0 Å². The molecule has 3 N–H and O–H groups in total. The molecule has 0 amide bonds. The van der Waals surface area contributed by atoms with E-state index >= 15 is 0 Å². The van der Waals surface area contributed by atoms with Gasteiger partial charge in [-0.1, -0.05) is 25.1 Å². The van der Waals surface area contributed by atoms with Crippen LogP contribution in [0.25, 0.3) is 0 Å². The zero-order valence-electron chi connectivity index (χ0n) is 14.8. The number of halogens is 4. The summed E-state index contributed by atoms with van der Waals surface area (Å²) >= 11 is 0. The molecule has 27 heavy (non-hydrogen) atoms. The Labute approximate surface area is 172 Å². The summed E-state index contributed by atoms with van der Waals surface area (Å²) in [6, 6.07) is 12.9. The molecular weight excluding hydrogens is 474 g/mol. The highest BCUT2D eigenvalue weighted by Gasteiger charge is 2.30. The van der Waals surface area contributed by atoms with E-state index in [2.05, 4.69) is 15.0 Å². The first-order valence-corrected chi connectivity index (χ1v) is 7.84. The number of rotatable bonds is 6. The maximum absolute atomic E-state index is 12.1. The van der Waals surface area contributed by atoms with Gasteiger partial charge >= 0.3 is 6.36 Å². The Bertz CT molecular complexity index is 752. The van der Waals surface area contributed by atoms with Crippen molar-refractivity contribution in [3.05, 3.63) is 54.1 Å². The van der Waals surface area contributed by atoms with Crippen LogP contribution in [-0.2, 0) is 0 Å². The van der Waals surface area contributed by atoms with Gasteiger partial charge in [0.05, 0.1) is 7.11 Å². The predicted octanol–water partition coefficient (Wildman–Crippen LogP) is 4.74. The molecule has 0 fully saturated rings. The minimum Gasteiger partial charge on any atom is -0.496 e. The molecule has 0 spiro atoms. The number of para-hydroxylation sites is 1. The van der Waals surface area contributed by atoms with Crippen LogP contribution in [0.5, 0.6) is 11.5 Å². The van der Waals surface area contributed by atoms with Crippen molar-refractivity contribution in [3.63, 3.8) is 0 Å². The van der Waals surface area contributed by atoms with Crippen molar-refractivity contribution in [2.24, 2.45) is 10.7 Å². The molecule has 0 heterocycles. The summed E-state index contributed by atoms with van der Waals surface area (Å²) < 4.78 is 45.5. The minimum atomic E-state index is -4.72. The largest absolute Gasteiger partial charge is 0.573 e. The maximum Gasteiger partial charge on any atom is 0.573 e. The molecule has 2 rings (SSSR count). The van der Waals surface area contributed by atoms with E-state index in [9.17, 15) is 13.2 Å². The molecule has 0 saturated heterocycles. The smallest absolute Gasteiger partial charge is 0.496 e. The first-order valence-electron chi connectivity index (χ1n) is 7.84. The average Bonchev–Trinajstić information content (AvgIpc) is 2.60. The topological polar surface area (TPSA) is 68.9 Å². The van der Waals surface area contributed by atoms with Crippen LogP contribution in [0.3, 0.4) is 0 Å². The third-order valence-electron chi connectivity index (χ3n) is 3.57. The van der Waals surface area contributed by atoms with E-state index in [1.54, 1.807) is 7.11 Å². The first kappa shape index (κ1) is 22.9. The number of nitrogens with zero attached hydrogens (tertiary/aromatic N) is 1. The quantitative estimate of drug-likeness (QED) is 0.345. The second kappa shape index (κ2) is 10.2. The number of nitrogens with two attached hydrogens (primary N) is 1. The van der Waals surface area contributed by atoms with Gasteiger partial charge < -0.3 is 20.5 Å². The van der Waals surface area contributed by atoms with E-state index in [1.807, 2.05) is 31.2 Å². The van der Waals surface area contributed by atoms with E-state index in [4.69, 9.17) is 10.5 Å². The average molecular weight is 495 g/mol. The molecule has 0 aromatic heterocycles. The van der Waals surface area contributed by atoms with Crippen molar-refractivity contribution in [2.45, 2.75) is 19.2 Å². The Balaban J connectivity index is 0.00000364. The highest BCUT2D eigenvalue weighted by molar-refractivity contribution is 14.0. The number of hydrogen-bond acceptors (Lipinski definition) is 3. The third kappa shape index (κ3) is 7.53. The summed E-state index contributed by atoms with van der Waals surface area (Å²) in [5.74, 6) is 0.718. The van der Waals surface area contributed by atoms with Gasteiger partial charge in [0, 0.05) is 18.2 Å². The highest BCUT2D eigenvalue weighted by atomic mass is 127. The van der Waals surface area contributed by atoms with Crippen LogP contribution >= 0.6 is 24.0 Å². The number of aliphatic imine (C=N–C) groups is 1. The van der Waals surface area contributed by atoms with Crippen LogP contribution in [0.4, 0.5) is 18.9 Å². The molecule has 2 aromatic carbocycles. The van der Waals surface area contributed by atoms with Crippen LogP contribution in [0.1, 0.15) is 18.4 Å². The van der Waals surface area contributed by atoms with Crippen LogP contribution in [-0.4, -0.2) is 26.0 Å². The fourth-order valence-electron chi connectivity index (χ4n) is 2.33. The molecule has 2 aromatic rings. The van der Waals surface area contributed by atoms with Crippen molar-refractivity contribution in [1.29, 1.82) is 0 Å². The van der Waals surface area contributed by atoms with E-state index in [-0.39, 0.29) is 41.6 Å². The second-order valence-electron chi connectivity index (χ2n) is 5.57. The van der Waals surface area contributed by atoms with Gasteiger partial charge in [-0.15, -0.1) is 37.1 Å². The summed E-state index contributed by atoms with van der Waals surface area (Å²) in [7, 11) is 1.61. The van der Waals surface area contributed by atoms with Gasteiger partial charge in [-0.05, 0) is 35.9 Å². The summed E-state index contributed by atoms with van der Waals surface area (Å²) in [5.41, 5.74) is 7.36. The number of hydrogen-bond donors (Lipinski definition) is 2. The molecular formula is C18H21F3IN3O2. The van der Waals surface area contributed by atoms with Crippen molar-refractivity contribution < 1.29 is 22.6 Å². The number of nitrogens with one attached hydrogen (secondary N) is 1. The molecule has 5 nitrogen and oxygen atoms in total. The summed E-state index contributed by atoms with van der Waals surface area (Å²) in [6.07, 6.45) is -4.72. The molecule has 9 heteroatoms. The van der Waals surface area contributed by atoms with Crippen LogP contribution in [0.15, 0.2) is 53.5 Å². The van der Waals surface area contributed by atoms with Crippen molar-refractivity contribution >= 4 is 35.6 Å². The van der Waals surface area contributed by atoms with Crippen LogP contribution in [0, 0.1) is 0 Å². The molecule has 0 aliphatic heterocycles. The van der Waals surface area contributed by atoms with E-state index in [0.717, 1.165) is 11.3 Å². The summed E-state index contributed by atoms with van der Waals surface area (Å²) in [4.78, 5) is 4.27. The SMILES string of the molecule is COc1ccccc1C(C)CN=C(N)Nc1ccc(OC(F)(F)F)cc1.I. The molecule has 148 valence electrons. The number of methoxy groups -OCH3 is 1. The second-order valence-corrected chi connectivity index (χ2v) is 5.57. The molecule has 0 aliphatic carbocycles. The van der Waals surface area contributed by atoms with Gasteiger partial charge in [0.1, 0.15) is 11.5 Å². The number of ether oxygens (including phenoxy) is 2. The van der Waals surface area contributed by atoms with Gasteiger partial charge in [-0.2, -0.15) is 0 Å².